The van der Waals surface area contributed by atoms with Crippen molar-refractivity contribution in [3.63, 3.8) is 0 Å². The minimum absolute atomic E-state index is 0.408. The van der Waals surface area contributed by atoms with Gasteiger partial charge in [0, 0.05) is 5.54 Å². The summed E-state index contributed by atoms with van der Waals surface area (Å²) in [6.45, 7) is 3.97. The van der Waals surface area contributed by atoms with Gasteiger partial charge in [0.2, 0.25) is 0 Å². The van der Waals surface area contributed by atoms with Gasteiger partial charge in [0.1, 0.15) is 6.10 Å². The molecule has 0 aliphatic heterocycles. The summed E-state index contributed by atoms with van der Waals surface area (Å²) >= 11 is 0. The van der Waals surface area contributed by atoms with Crippen LogP contribution in [0.15, 0.2) is 36.5 Å². The fraction of sp³-hybridized carbons (Fsp3) is 0.429. The first-order chi connectivity index (χ1) is 8.94. The molecule has 5 nitrogen and oxygen atoms in total. The van der Waals surface area contributed by atoms with Crippen LogP contribution in [-0.2, 0) is 0 Å². The van der Waals surface area contributed by atoms with Crippen LogP contribution >= 0.6 is 0 Å². The third-order valence-corrected chi connectivity index (χ3v) is 3.68. The number of aromatic nitrogens is 3. The molecular weight excluding hydrogens is 240 g/mol. The van der Waals surface area contributed by atoms with E-state index in [1.54, 1.807) is 10.9 Å². The Kier molecular flexibility index (Phi) is 3.68. The van der Waals surface area contributed by atoms with Gasteiger partial charge in [-0.25, -0.2) is 4.68 Å². The summed E-state index contributed by atoms with van der Waals surface area (Å²) < 4.78 is 1.68. The average molecular weight is 260 g/mol. The number of hydrogen-bond donors (Lipinski definition) is 1. The van der Waals surface area contributed by atoms with Crippen LogP contribution in [0.1, 0.15) is 25.6 Å². The van der Waals surface area contributed by atoms with Gasteiger partial charge in [-0.05, 0) is 40.1 Å². The van der Waals surface area contributed by atoms with Gasteiger partial charge < -0.3 is 10.0 Å². The lowest BCUT2D eigenvalue weighted by Crippen LogP contribution is -2.44. The van der Waals surface area contributed by atoms with E-state index >= 15 is 0 Å². The maximum atomic E-state index is 10.6. The van der Waals surface area contributed by atoms with Crippen LogP contribution in [0.25, 0.3) is 5.69 Å². The molecule has 0 bridgehead atoms. The number of nitrogens with zero attached hydrogens (tertiary/aromatic N) is 4. The first-order valence-electron chi connectivity index (χ1n) is 6.26. The monoisotopic (exact) mass is 260 g/mol. The molecule has 0 saturated carbocycles. The second kappa shape index (κ2) is 5.11. The molecule has 0 fully saturated rings. The van der Waals surface area contributed by atoms with Crippen LogP contribution in [0, 0.1) is 0 Å². The lowest BCUT2D eigenvalue weighted by molar-refractivity contribution is 0.0121. The molecule has 1 atom stereocenters. The molecule has 0 aliphatic rings. The number of para-hydroxylation sites is 1. The summed E-state index contributed by atoms with van der Waals surface area (Å²) in [6, 6.07) is 9.69. The van der Waals surface area contributed by atoms with Crippen molar-refractivity contribution in [3.05, 3.63) is 42.2 Å². The van der Waals surface area contributed by atoms with Gasteiger partial charge in [0.05, 0.1) is 17.6 Å². The fourth-order valence-corrected chi connectivity index (χ4v) is 1.81. The van der Waals surface area contributed by atoms with E-state index in [4.69, 9.17) is 0 Å². The van der Waals surface area contributed by atoms with Crippen molar-refractivity contribution < 1.29 is 5.11 Å². The van der Waals surface area contributed by atoms with Gasteiger partial charge in [-0.2, -0.15) is 0 Å². The Morgan fingerprint density at radius 3 is 2.42 bits per heavy atom. The molecule has 1 aromatic heterocycles. The Labute approximate surface area is 113 Å². The van der Waals surface area contributed by atoms with Crippen molar-refractivity contribution in [3.8, 4) is 5.69 Å². The van der Waals surface area contributed by atoms with Crippen LogP contribution in [-0.4, -0.2) is 44.6 Å². The van der Waals surface area contributed by atoms with E-state index in [1.165, 1.54) is 0 Å². The van der Waals surface area contributed by atoms with Crippen molar-refractivity contribution >= 4 is 0 Å². The first kappa shape index (κ1) is 13.7. The molecule has 2 rings (SSSR count). The largest absolute Gasteiger partial charge is 0.385 e. The summed E-state index contributed by atoms with van der Waals surface area (Å²) in [5, 5.41) is 18.6. The van der Waals surface area contributed by atoms with E-state index in [2.05, 4.69) is 10.3 Å². The second-order valence-corrected chi connectivity index (χ2v) is 5.36. The van der Waals surface area contributed by atoms with Gasteiger partial charge in [-0.3, -0.25) is 0 Å². The molecule has 19 heavy (non-hydrogen) atoms. The molecule has 102 valence electrons. The van der Waals surface area contributed by atoms with Gasteiger partial charge in [0.15, 0.2) is 0 Å². The third-order valence-electron chi connectivity index (χ3n) is 3.68. The van der Waals surface area contributed by atoms with Gasteiger partial charge in [0.25, 0.3) is 0 Å². The predicted molar refractivity (Wildman–Crippen MR) is 74.1 cm³/mol. The maximum Gasteiger partial charge on any atom is 0.115 e. The Bertz CT molecular complexity index is 533. The summed E-state index contributed by atoms with van der Waals surface area (Å²) in [6.07, 6.45) is 0.931. The quantitative estimate of drug-likeness (QED) is 0.908. The van der Waals surface area contributed by atoms with Crippen LogP contribution in [0.3, 0.4) is 0 Å². The van der Waals surface area contributed by atoms with Crippen LogP contribution in [0.4, 0.5) is 0 Å². The maximum absolute atomic E-state index is 10.6. The SMILES string of the molecule is CN(C)C(C)(C)C(O)c1cnnn1-c1ccccc1. The Morgan fingerprint density at radius 2 is 1.84 bits per heavy atom. The number of likely N-dealkylation sites (N-methyl/N-ethyl adjacent to an activating group) is 1. The summed E-state index contributed by atoms with van der Waals surface area (Å²) in [7, 11) is 3.89. The molecule has 5 heteroatoms. The highest BCUT2D eigenvalue weighted by molar-refractivity contribution is 5.32. The van der Waals surface area contributed by atoms with Crippen molar-refractivity contribution in [2.24, 2.45) is 0 Å². The smallest absolute Gasteiger partial charge is 0.115 e. The van der Waals surface area contributed by atoms with E-state index in [0.29, 0.717) is 5.69 Å². The molecule has 1 N–H and O–H groups in total. The number of aliphatic hydroxyl groups is 1. The van der Waals surface area contributed by atoms with Gasteiger partial charge in [-0.15, -0.1) is 5.10 Å². The van der Waals surface area contributed by atoms with Gasteiger partial charge in [-0.1, -0.05) is 23.4 Å². The van der Waals surface area contributed by atoms with E-state index in [9.17, 15) is 5.11 Å². The zero-order valence-corrected chi connectivity index (χ0v) is 11.8. The van der Waals surface area contributed by atoms with Crippen LogP contribution < -0.4 is 0 Å². The predicted octanol–water partition coefficient (Wildman–Crippen LogP) is 1.64. The lowest BCUT2D eigenvalue weighted by atomic mass is 9.93. The molecule has 1 heterocycles. The molecule has 0 saturated heterocycles. The summed E-state index contributed by atoms with van der Waals surface area (Å²) in [4.78, 5) is 1.99. The molecule has 1 aromatic carbocycles. The van der Waals surface area contributed by atoms with E-state index in [0.717, 1.165) is 5.69 Å². The zero-order chi connectivity index (χ0) is 14.0. The summed E-state index contributed by atoms with van der Waals surface area (Å²) in [5.41, 5.74) is 1.17. The minimum Gasteiger partial charge on any atom is -0.385 e. The topological polar surface area (TPSA) is 54.2 Å². The van der Waals surface area contributed by atoms with E-state index < -0.39 is 11.6 Å². The Balaban J connectivity index is 2.41. The number of aliphatic hydroxyl groups excluding tert-OH is 1. The molecule has 1 unspecified atom stereocenters. The van der Waals surface area contributed by atoms with Crippen molar-refractivity contribution in [1.29, 1.82) is 0 Å². The average Bonchev–Trinajstić information content (AvgIpc) is 2.87. The van der Waals surface area contributed by atoms with Gasteiger partial charge >= 0.3 is 0 Å². The highest BCUT2D eigenvalue weighted by atomic mass is 16.3. The fourth-order valence-electron chi connectivity index (χ4n) is 1.81. The Morgan fingerprint density at radius 1 is 1.21 bits per heavy atom. The molecule has 0 aliphatic carbocycles. The van der Waals surface area contributed by atoms with Crippen LogP contribution in [0.2, 0.25) is 0 Å². The van der Waals surface area contributed by atoms with Crippen LogP contribution in [0.5, 0.6) is 0 Å². The highest BCUT2D eigenvalue weighted by Gasteiger charge is 2.34. The normalized spacial score (nSPS) is 13.8. The minimum atomic E-state index is -0.683. The standard InChI is InChI=1S/C14H20N4O/c1-14(2,17(3)4)13(19)12-10-15-16-18(12)11-8-6-5-7-9-11/h5-10,13,19H,1-4H3. The van der Waals surface area contributed by atoms with Crippen molar-refractivity contribution in [2.75, 3.05) is 14.1 Å². The third kappa shape index (κ3) is 2.52. The Hall–Kier alpha value is -1.72. The van der Waals surface area contributed by atoms with Crippen molar-refractivity contribution in [2.45, 2.75) is 25.5 Å². The number of hydrogen-bond acceptors (Lipinski definition) is 4. The second-order valence-electron chi connectivity index (χ2n) is 5.36. The molecule has 0 radical (unpaired) electrons. The highest BCUT2D eigenvalue weighted by Crippen LogP contribution is 2.29. The molecule has 0 spiro atoms. The van der Waals surface area contributed by atoms with E-state index in [-0.39, 0.29) is 0 Å². The zero-order valence-electron chi connectivity index (χ0n) is 11.8. The van der Waals surface area contributed by atoms with E-state index in [1.807, 2.05) is 63.2 Å². The summed E-state index contributed by atoms with van der Waals surface area (Å²) in [5.74, 6) is 0. The lowest BCUT2D eigenvalue weighted by Gasteiger charge is -2.36. The van der Waals surface area contributed by atoms with Crippen molar-refractivity contribution in [1.82, 2.24) is 19.9 Å². The molecule has 0 amide bonds. The first-order valence-corrected chi connectivity index (χ1v) is 6.26. The number of rotatable bonds is 4. The molecular formula is C14H20N4O. The number of benzene rings is 1. The molecule has 2 aromatic rings.